The molecular weight excluding hydrogens is 391 g/mol. The number of halogens is 2. The molecule has 1 aliphatic heterocycles. The summed E-state index contributed by atoms with van der Waals surface area (Å²) in [5.74, 6) is 1.14. The molecule has 2 aromatic carbocycles. The Morgan fingerprint density at radius 1 is 1.20 bits per heavy atom. The summed E-state index contributed by atoms with van der Waals surface area (Å²) in [7, 11) is 0. The second-order valence-electron chi connectivity index (χ2n) is 4.58. The van der Waals surface area contributed by atoms with E-state index in [0.717, 1.165) is 11.1 Å². The van der Waals surface area contributed by atoms with Gasteiger partial charge in [-0.15, -0.1) is 0 Å². The Morgan fingerprint density at radius 2 is 1.95 bits per heavy atom. The fraction of sp³-hybridized carbons (Fsp3) is 0.200. The van der Waals surface area contributed by atoms with Gasteiger partial charge in [0.05, 0.1) is 11.1 Å². The molecule has 0 amide bonds. The van der Waals surface area contributed by atoms with Crippen molar-refractivity contribution in [3.05, 3.63) is 56.1 Å². The van der Waals surface area contributed by atoms with Gasteiger partial charge in [-0.05, 0) is 58.0 Å². The molecule has 0 saturated carbocycles. The van der Waals surface area contributed by atoms with Crippen LogP contribution in [-0.2, 0) is 6.42 Å². The number of aliphatic hydroxyl groups is 1. The summed E-state index contributed by atoms with van der Waals surface area (Å²) < 4.78 is 11.7. The lowest BCUT2D eigenvalue weighted by atomic mass is 10.0. The van der Waals surface area contributed by atoms with E-state index in [1.54, 1.807) is 12.1 Å². The molecule has 104 valence electrons. The van der Waals surface area contributed by atoms with Crippen molar-refractivity contribution in [2.24, 2.45) is 0 Å². The molecule has 3 rings (SSSR count). The molecule has 2 aromatic rings. The Labute approximate surface area is 135 Å². The number of ether oxygens (including phenoxy) is 2. The standard InChI is InChI=1S/C15H12ClIO3/c16-12-6-10(7-14-15(12)20-8-19-14)13(18)5-9-1-3-11(17)4-2-9/h1-4,6-7,13,18H,5,8H2. The quantitative estimate of drug-likeness (QED) is 0.790. The lowest BCUT2D eigenvalue weighted by molar-refractivity contribution is 0.171. The third-order valence-corrected chi connectivity index (χ3v) is 4.18. The zero-order valence-corrected chi connectivity index (χ0v) is 13.4. The minimum absolute atomic E-state index is 0.172. The maximum Gasteiger partial charge on any atom is 0.231 e. The highest BCUT2D eigenvalue weighted by Gasteiger charge is 2.20. The minimum Gasteiger partial charge on any atom is -0.454 e. The molecule has 0 aromatic heterocycles. The lowest BCUT2D eigenvalue weighted by Crippen LogP contribution is -2.02. The van der Waals surface area contributed by atoms with E-state index in [9.17, 15) is 5.11 Å². The Kier molecular flexibility index (Phi) is 4.05. The first-order chi connectivity index (χ1) is 9.63. The zero-order valence-electron chi connectivity index (χ0n) is 10.5. The fourth-order valence-corrected chi connectivity index (χ4v) is 2.77. The molecule has 1 aliphatic rings. The highest BCUT2D eigenvalue weighted by molar-refractivity contribution is 14.1. The van der Waals surface area contributed by atoms with Crippen LogP contribution in [0.5, 0.6) is 11.5 Å². The van der Waals surface area contributed by atoms with E-state index in [-0.39, 0.29) is 6.79 Å². The van der Waals surface area contributed by atoms with Crippen LogP contribution in [0.4, 0.5) is 0 Å². The average molecular weight is 403 g/mol. The summed E-state index contributed by atoms with van der Waals surface area (Å²) in [4.78, 5) is 0. The van der Waals surface area contributed by atoms with E-state index < -0.39 is 6.10 Å². The van der Waals surface area contributed by atoms with Gasteiger partial charge in [0, 0.05) is 9.99 Å². The molecule has 0 radical (unpaired) electrons. The van der Waals surface area contributed by atoms with Gasteiger partial charge >= 0.3 is 0 Å². The maximum atomic E-state index is 10.3. The number of aliphatic hydroxyl groups excluding tert-OH is 1. The van der Waals surface area contributed by atoms with Crippen molar-refractivity contribution in [1.29, 1.82) is 0 Å². The van der Waals surface area contributed by atoms with Crippen LogP contribution in [0.2, 0.25) is 5.02 Å². The van der Waals surface area contributed by atoms with Gasteiger partial charge in [-0.3, -0.25) is 0 Å². The summed E-state index contributed by atoms with van der Waals surface area (Å²) in [6.45, 7) is 0.172. The lowest BCUT2D eigenvalue weighted by Gasteiger charge is -2.12. The van der Waals surface area contributed by atoms with Crippen molar-refractivity contribution in [2.75, 3.05) is 6.79 Å². The SMILES string of the molecule is OC(Cc1ccc(I)cc1)c1cc(Cl)c2c(c1)OCO2. The van der Waals surface area contributed by atoms with Gasteiger partial charge in [0.25, 0.3) is 0 Å². The first kappa shape index (κ1) is 14.0. The molecule has 1 unspecified atom stereocenters. The molecule has 1 N–H and O–H groups in total. The second-order valence-corrected chi connectivity index (χ2v) is 6.24. The van der Waals surface area contributed by atoms with Crippen LogP contribution in [0, 0.1) is 3.57 Å². The van der Waals surface area contributed by atoms with Gasteiger partial charge in [-0.2, -0.15) is 0 Å². The van der Waals surface area contributed by atoms with Crippen LogP contribution in [-0.4, -0.2) is 11.9 Å². The smallest absolute Gasteiger partial charge is 0.231 e. The fourth-order valence-electron chi connectivity index (χ4n) is 2.14. The number of rotatable bonds is 3. The molecule has 3 nitrogen and oxygen atoms in total. The van der Waals surface area contributed by atoms with Crippen molar-refractivity contribution < 1.29 is 14.6 Å². The van der Waals surface area contributed by atoms with E-state index in [4.69, 9.17) is 21.1 Å². The molecule has 0 bridgehead atoms. The van der Waals surface area contributed by atoms with Crippen molar-refractivity contribution in [3.63, 3.8) is 0 Å². The minimum atomic E-state index is -0.623. The van der Waals surface area contributed by atoms with E-state index in [0.29, 0.717) is 22.9 Å². The number of hydrogen-bond acceptors (Lipinski definition) is 3. The first-order valence-electron chi connectivity index (χ1n) is 6.15. The van der Waals surface area contributed by atoms with Crippen molar-refractivity contribution in [3.8, 4) is 11.5 Å². The van der Waals surface area contributed by atoms with Crippen LogP contribution in [0.3, 0.4) is 0 Å². The zero-order chi connectivity index (χ0) is 14.1. The largest absolute Gasteiger partial charge is 0.454 e. The molecule has 0 saturated heterocycles. The van der Waals surface area contributed by atoms with Gasteiger partial charge in [-0.1, -0.05) is 23.7 Å². The Morgan fingerprint density at radius 3 is 2.70 bits per heavy atom. The molecule has 5 heteroatoms. The van der Waals surface area contributed by atoms with Gasteiger partial charge < -0.3 is 14.6 Å². The number of hydrogen-bond donors (Lipinski definition) is 1. The summed E-state index contributed by atoms with van der Waals surface area (Å²) in [5.41, 5.74) is 1.81. The number of fused-ring (bicyclic) bond motifs is 1. The summed E-state index contributed by atoms with van der Waals surface area (Å²) in [6, 6.07) is 11.6. The molecule has 1 atom stereocenters. The molecule has 0 fully saturated rings. The highest BCUT2D eigenvalue weighted by atomic mass is 127. The Bertz CT molecular complexity index is 628. The molecule has 20 heavy (non-hydrogen) atoms. The third-order valence-electron chi connectivity index (χ3n) is 3.18. The number of benzene rings is 2. The first-order valence-corrected chi connectivity index (χ1v) is 7.61. The summed E-state index contributed by atoms with van der Waals surface area (Å²) in [5, 5.41) is 10.8. The molecule has 0 spiro atoms. The average Bonchev–Trinajstić information content (AvgIpc) is 2.90. The second kappa shape index (κ2) is 5.79. The van der Waals surface area contributed by atoms with Gasteiger partial charge in [0.2, 0.25) is 6.79 Å². The predicted octanol–water partition coefficient (Wildman–Crippen LogP) is 3.95. The molecular formula is C15H12ClIO3. The van der Waals surface area contributed by atoms with Gasteiger partial charge in [0.1, 0.15) is 0 Å². The highest BCUT2D eigenvalue weighted by Crippen LogP contribution is 2.41. The molecule has 0 aliphatic carbocycles. The van der Waals surface area contributed by atoms with E-state index in [1.807, 2.05) is 24.3 Å². The van der Waals surface area contributed by atoms with Crippen LogP contribution < -0.4 is 9.47 Å². The Hall–Kier alpha value is -0.980. The van der Waals surface area contributed by atoms with Crippen molar-refractivity contribution in [2.45, 2.75) is 12.5 Å². The van der Waals surface area contributed by atoms with E-state index in [1.165, 1.54) is 3.57 Å². The van der Waals surface area contributed by atoms with E-state index in [2.05, 4.69) is 22.6 Å². The van der Waals surface area contributed by atoms with Gasteiger partial charge in [0.15, 0.2) is 11.5 Å². The summed E-state index contributed by atoms with van der Waals surface area (Å²) >= 11 is 8.38. The third kappa shape index (κ3) is 2.87. The van der Waals surface area contributed by atoms with Crippen molar-refractivity contribution >= 4 is 34.2 Å². The Balaban J connectivity index is 1.82. The van der Waals surface area contributed by atoms with Crippen LogP contribution >= 0.6 is 34.2 Å². The monoisotopic (exact) mass is 402 g/mol. The van der Waals surface area contributed by atoms with Gasteiger partial charge in [-0.25, -0.2) is 0 Å². The maximum absolute atomic E-state index is 10.3. The summed E-state index contributed by atoms with van der Waals surface area (Å²) in [6.07, 6.45) is -0.0885. The van der Waals surface area contributed by atoms with Crippen LogP contribution in [0.1, 0.15) is 17.2 Å². The normalized spacial score (nSPS) is 14.3. The molecule has 1 heterocycles. The van der Waals surface area contributed by atoms with Crippen molar-refractivity contribution in [1.82, 2.24) is 0 Å². The van der Waals surface area contributed by atoms with Crippen LogP contribution in [0.25, 0.3) is 0 Å². The van der Waals surface area contributed by atoms with Crippen LogP contribution in [0.15, 0.2) is 36.4 Å². The predicted molar refractivity (Wildman–Crippen MR) is 85.4 cm³/mol. The van der Waals surface area contributed by atoms with E-state index >= 15 is 0 Å². The topological polar surface area (TPSA) is 38.7 Å².